The van der Waals surface area contributed by atoms with Gasteiger partial charge in [0.15, 0.2) is 0 Å². The molecule has 54 heavy (non-hydrogen) atoms. The minimum atomic E-state index is -1.25. The zero-order valence-electron chi connectivity index (χ0n) is 30.0. The molecule has 0 aliphatic carbocycles. The van der Waals surface area contributed by atoms with E-state index in [1.54, 1.807) is 0 Å². The number of imide groups is 1. The van der Waals surface area contributed by atoms with Crippen LogP contribution in [0.4, 0.5) is 0 Å². The number of nitrogens with zero attached hydrogens (tertiary/aromatic N) is 3. The Hall–Kier alpha value is -5.25. The smallest absolute Gasteiger partial charge is 0.329 e. The number of nitrogens with one attached hydrogen (secondary N) is 4. The van der Waals surface area contributed by atoms with Crippen molar-refractivity contribution in [3.63, 3.8) is 0 Å². The van der Waals surface area contributed by atoms with Gasteiger partial charge in [-0.25, -0.2) is 4.79 Å². The molecule has 2 aliphatic rings. The third-order valence-electron chi connectivity index (χ3n) is 7.57. The van der Waals surface area contributed by atoms with Gasteiger partial charge in [-0.15, -0.1) is 0 Å². The standard InChI is InChI=1S/C33H49N7O14/c41-24(6-14-39-28(45)2-3-29(39)46)34-10-1-18-52-19-8-26(43)35-11-16-38(32(49)22-54-23-33(50)51)17-12-36-27(44)9-20-53-21-13-37-25(42)7-15-40-30(47)4-5-31(40)48/h2-5,30,47H,1,6-23H2,(H,34,41)(H,35,43)(H,36,44)(H,37,42)(H,50,51). The molecule has 6 N–H and O–H groups in total. The highest BCUT2D eigenvalue weighted by molar-refractivity contribution is 6.13. The Morgan fingerprint density at radius 2 is 1.17 bits per heavy atom. The molecule has 0 saturated carbocycles. The van der Waals surface area contributed by atoms with Crippen LogP contribution < -0.4 is 21.3 Å². The van der Waals surface area contributed by atoms with Gasteiger partial charge in [-0.1, -0.05) is 0 Å². The number of rotatable bonds is 29. The van der Waals surface area contributed by atoms with E-state index in [0.717, 1.165) is 22.0 Å². The molecule has 0 radical (unpaired) electrons. The average molecular weight is 768 g/mol. The number of aliphatic carboxylic acids is 1. The zero-order chi connectivity index (χ0) is 39.7. The summed E-state index contributed by atoms with van der Waals surface area (Å²) in [5, 5.41) is 29.0. The Morgan fingerprint density at radius 3 is 1.74 bits per heavy atom. The van der Waals surface area contributed by atoms with Gasteiger partial charge >= 0.3 is 5.97 Å². The summed E-state index contributed by atoms with van der Waals surface area (Å²) < 4.78 is 15.7. The average Bonchev–Trinajstić information content (AvgIpc) is 3.63. The van der Waals surface area contributed by atoms with Crippen LogP contribution in [0.3, 0.4) is 0 Å². The molecule has 0 spiro atoms. The minimum Gasteiger partial charge on any atom is -0.480 e. The first kappa shape index (κ1) is 44.9. The van der Waals surface area contributed by atoms with E-state index in [-0.39, 0.29) is 127 Å². The number of hydrogen-bond acceptors (Lipinski definition) is 13. The first-order chi connectivity index (χ1) is 25.9. The molecule has 2 heterocycles. The van der Waals surface area contributed by atoms with E-state index in [4.69, 9.17) is 19.3 Å². The molecular formula is C33H49N7O14. The van der Waals surface area contributed by atoms with Crippen molar-refractivity contribution < 1.29 is 67.6 Å². The Balaban J connectivity index is 1.54. The van der Waals surface area contributed by atoms with E-state index >= 15 is 0 Å². The van der Waals surface area contributed by atoms with Crippen molar-refractivity contribution in [1.82, 2.24) is 36.0 Å². The lowest BCUT2D eigenvalue weighted by molar-refractivity contribution is -0.146. The highest BCUT2D eigenvalue weighted by Crippen LogP contribution is 2.08. The Kier molecular flexibility index (Phi) is 21.4. The predicted molar refractivity (Wildman–Crippen MR) is 185 cm³/mol. The molecular weight excluding hydrogens is 718 g/mol. The van der Waals surface area contributed by atoms with Crippen molar-refractivity contribution in [3.8, 4) is 0 Å². The Bertz CT molecular complexity index is 1370. The molecule has 2 rings (SSSR count). The third-order valence-corrected chi connectivity index (χ3v) is 7.57. The van der Waals surface area contributed by atoms with Crippen LogP contribution in [0.5, 0.6) is 0 Å². The fraction of sp³-hybridized carbons (Fsp3) is 0.606. The number of aliphatic hydroxyl groups excluding tert-OH is 1. The second-order valence-electron chi connectivity index (χ2n) is 11.7. The van der Waals surface area contributed by atoms with Gasteiger partial charge in [-0.2, -0.15) is 0 Å². The quantitative estimate of drug-likeness (QED) is 0.0313. The lowest BCUT2D eigenvalue weighted by atomic mass is 10.3. The van der Waals surface area contributed by atoms with E-state index < -0.39 is 43.1 Å². The van der Waals surface area contributed by atoms with Crippen LogP contribution in [-0.2, 0) is 57.4 Å². The van der Waals surface area contributed by atoms with E-state index in [0.29, 0.717) is 13.0 Å². The molecule has 300 valence electrons. The van der Waals surface area contributed by atoms with Crippen LogP contribution in [0.25, 0.3) is 0 Å². The SMILES string of the molecule is O=C(O)COCC(=O)N(CCNC(=O)CCOCCCNC(=O)CCN1C(=O)C=CC1=O)CCNC(=O)CCOCCNC(=O)CCN1C(=O)C=CC1O. The van der Waals surface area contributed by atoms with E-state index in [1.165, 1.54) is 17.1 Å². The number of carbonyl (C=O) groups excluding carboxylic acids is 8. The monoisotopic (exact) mass is 767 g/mol. The summed E-state index contributed by atoms with van der Waals surface area (Å²) in [4.78, 5) is 110. The zero-order valence-corrected chi connectivity index (χ0v) is 30.0. The fourth-order valence-corrected chi connectivity index (χ4v) is 4.72. The van der Waals surface area contributed by atoms with Gasteiger partial charge in [0.1, 0.15) is 19.4 Å². The van der Waals surface area contributed by atoms with Crippen LogP contribution in [0, 0.1) is 0 Å². The van der Waals surface area contributed by atoms with Crippen LogP contribution in [0.1, 0.15) is 32.1 Å². The maximum absolute atomic E-state index is 12.6. The molecule has 0 bridgehead atoms. The molecule has 0 aromatic rings. The first-order valence-electron chi connectivity index (χ1n) is 17.4. The molecule has 0 fully saturated rings. The number of aliphatic hydroxyl groups is 1. The maximum Gasteiger partial charge on any atom is 0.329 e. The summed E-state index contributed by atoms with van der Waals surface area (Å²) in [6, 6.07) is 0. The van der Waals surface area contributed by atoms with Gasteiger partial charge in [0.2, 0.25) is 35.4 Å². The largest absolute Gasteiger partial charge is 0.480 e. The number of hydrogen-bond donors (Lipinski definition) is 6. The lowest BCUT2D eigenvalue weighted by Gasteiger charge is -2.23. The van der Waals surface area contributed by atoms with Crippen molar-refractivity contribution in [2.45, 2.75) is 38.3 Å². The molecule has 1 atom stereocenters. The molecule has 8 amide bonds. The normalized spacial score (nSPS) is 14.8. The molecule has 21 heteroatoms. The van der Waals surface area contributed by atoms with Crippen molar-refractivity contribution in [2.75, 3.05) is 92.0 Å². The summed E-state index contributed by atoms with van der Waals surface area (Å²) >= 11 is 0. The van der Waals surface area contributed by atoms with Crippen molar-refractivity contribution in [2.24, 2.45) is 0 Å². The van der Waals surface area contributed by atoms with Crippen LogP contribution in [0.15, 0.2) is 24.3 Å². The maximum atomic E-state index is 12.6. The van der Waals surface area contributed by atoms with Crippen LogP contribution in [-0.4, -0.2) is 176 Å². The highest BCUT2D eigenvalue weighted by atomic mass is 16.5. The Labute approximate surface area is 311 Å². The number of carbonyl (C=O) groups is 9. The number of carboxylic acids is 1. The van der Waals surface area contributed by atoms with Crippen molar-refractivity contribution in [3.05, 3.63) is 24.3 Å². The molecule has 21 nitrogen and oxygen atoms in total. The topological polar surface area (TPSA) is 280 Å². The van der Waals surface area contributed by atoms with Crippen LogP contribution >= 0.6 is 0 Å². The predicted octanol–water partition coefficient (Wildman–Crippen LogP) is -3.99. The fourth-order valence-electron chi connectivity index (χ4n) is 4.72. The van der Waals surface area contributed by atoms with Gasteiger partial charge in [-0.3, -0.25) is 43.3 Å². The van der Waals surface area contributed by atoms with Crippen molar-refractivity contribution in [1.29, 1.82) is 0 Å². The van der Waals surface area contributed by atoms with E-state index in [2.05, 4.69) is 21.3 Å². The second kappa shape index (κ2) is 25.7. The molecule has 0 aromatic heterocycles. The van der Waals surface area contributed by atoms with Gasteiger partial charge in [0.25, 0.3) is 11.8 Å². The minimum absolute atomic E-state index is 0.00162. The van der Waals surface area contributed by atoms with E-state index in [9.17, 15) is 48.3 Å². The van der Waals surface area contributed by atoms with Gasteiger partial charge in [-0.05, 0) is 12.5 Å². The molecule has 2 aliphatic heterocycles. The molecule has 0 aromatic carbocycles. The Morgan fingerprint density at radius 1 is 0.630 bits per heavy atom. The van der Waals surface area contributed by atoms with Crippen LogP contribution in [0.2, 0.25) is 0 Å². The van der Waals surface area contributed by atoms with Crippen molar-refractivity contribution >= 4 is 53.2 Å². The number of amides is 8. The van der Waals surface area contributed by atoms with Gasteiger partial charge in [0.05, 0.1) is 19.8 Å². The second-order valence-corrected chi connectivity index (χ2v) is 11.7. The molecule has 0 saturated heterocycles. The summed E-state index contributed by atoms with van der Waals surface area (Å²) in [6.07, 6.45) is 4.31. The summed E-state index contributed by atoms with van der Waals surface area (Å²) in [5.74, 6) is -4.43. The summed E-state index contributed by atoms with van der Waals surface area (Å²) in [7, 11) is 0. The summed E-state index contributed by atoms with van der Waals surface area (Å²) in [6.45, 7) is 0.131. The van der Waals surface area contributed by atoms with E-state index in [1.807, 2.05) is 0 Å². The van der Waals surface area contributed by atoms with Gasteiger partial charge in [0, 0.05) is 103 Å². The number of carboxylic acid groups (broad SMARTS) is 1. The highest BCUT2D eigenvalue weighted by Gasteiger charge is 2.24. The molecule has 1 unspecified atom stereocenters. The summed E-state index contributed by atoms with van der Waals surface area (Å²) in [5.41, 5.74) is 0. The lowest BCUT2D eigenvalue weighted by Crippen LogP contribution is -2.44. The third kappa shape index (κ3) is 19.0. The van der Waals surface area contributed by atoms with Gasteiger partial charge < -0.3 is 55.5 Å². The number of ether oxygens (including phenoxy) is 3. The first-order valence-corrected chi connectivity index (χ1v) is 17.4.